The summed E-state index contributed by atoms with van der Waals surface area (Å²) < 4.78 is 5.65. The lowest BCUT2D eigenvalue weighted by Crippen LogP contribution is -2.31. The fourth-order valence-corrected chi connectivity index (χ4v) is 4.72. The number of halogens is 1. The number of aromatic nitrogens is 1. The highest BCUT2D eigenvalue weighted by molar-refractivity contribution is 8.00. The quantitative estimate of drug-likeness (QED) is 0.785. The van der Waals surface area contributed by atoms with Gasteiger partial charge in [-0.1, -0.05) is 17.7 Å². The van der Waals surface area contributed by atoms with Crippen LogP contribution in [0.25, 0.3) is 0 Å². The second kappa shape index (κ2) is 7.77. The lowest BCUT2D eigenvalue weighted by atomic mass is 9.89. The SMILES string of the molecule is CCNc1ccc(C2(Sc3ccc(Cl)cc3)CCOCC2)c(C)n1. The van der Waals surface area contributed by atoms with Crippen molar-refractivity contribution in [1.82, 2.24) is 4.98 Å². The van der Waals surface area contributed by atoms with Crippen LogP contribution >= 0.6 is 23.4 Å². The highest BCUT2D eigenvalue weighted by Crippen LogP contribution is 2.49. The molecule has 0 bridgehead atoms. The van der Waals surface area contributed by atoms with E-state index in [4.69, 9.17) is 21.3 Å². The van der Waals surface area contributed by atoms with Gasteiger partial charge in [-0.15, -0.1) is 11.8 Å². The van der Waals surface area contributed by atoms with Gasteiger partial charge in [0.25, 0.3) is 0 Å². The van der Waals surface area contributed by atoms with E-state index in [-0.39, 0.29) is 4.75 Å². The molecule has 0 saturated carbocycles. The monoisotopic (exact) mass is 362 g/mol. The van der Waals surface area contributed by atoms with E-state index < -0.39 is 0 Å². The normalized spacial score (nSPS) is 16.8. The number of nitrogens with zero attached hydrogens (tertiary/aromatic N) is 1. The molecule has 2 heterocycles. The third-order valence-corrected chi connectivity index (χ3v) is 6.14. The van der Waals surface area contributed by atoms with E-state index in [1.807, 2.05) is 23.9 Å². The summed E-state index contributed by atoms with van der Waals surface area (Å²) in [6.45, 7) is 6.64. The molecule has 0 radical (unpaired) electrons. The fourth-order valence-electron chi connectivity index (χ4n) is 3.18. The summed E-state index contributed by atoms with van der Waals surface area (Å²) in [5.74, 6) is 0.942. The van der Waals surface area contributed by atoms with Gasteiger partial charge in [0.1, 0.15) is 5.82 Å². The summed E-state index contributed by atoms with van der Waals surface area (Å²) in [6, 6.07) is 12.4. The molecule has 128 valence electrons. The van der Waals surface area contributed by atoms with Gasteiger partial charge in [0.15, 0.2) is 0 Å². The van der Waals surface area contributed by atoms with Crippen LogP contribution in [0.4, 0.5) is 5.82 Å². The molecule has 5 heteroatoms. The average molecular weight is 363 g/mol. The maximum absolute atomic E-state index is 6.03. The molecule has 1 fully saturated rings. The van der Waals surface area contributed by atoms with Crippen molar-refractivity contribution in [3.63, 3.8) is 0 Å². The number of pyridine rings is 1. The van der Waals surface area contributed by atoms with Crippen molar-refractivity contribution in [3.05, 3.63) is 52.7 Å². The summed E-state index contributed by atoms with van der Waals surface area (Å²) >= 11 is 7.94. The Labute approximate surface area is 153 Å². The minimum atomic E-state index is 0.00784. The number of anilines is 1. The Balaban J connectivity index is 1.94. The van der Waals surface area contributed by atoms with Gasteiger partial charge in [-0.25, -0.2) is 4.98 Å². The summed E-state index contributed by atoms with van der Waals surface area (Å²) in [7, 11) is 0. The zero-order valence-electron chi connectivity index (χ0n) is 14.1. The van der Waals surface area contributed by atoms with Gasteiger partial charge in [0.05, 0.1) is 4.75 Å². The van der Waals surface area contributed by atoms with E-state index in [9.17, 15) is 0 Å². The van der Waals surface area contributed by atoms with E-state index in [2.05, 4.69) is 43.4 Å². The molecule has 1 aromatic carbocycles. The molecular formula is C19H23ClN2OS. The van der Waals surface area contributed by atoms with Crippen molar-refractivity contribution < 1.29 is 4.74 Å². The van der Waals surface area contributed by atoms with Gasteiger partial charge < -0.3 is 10.1 Å². The van der Waals surface area contributed by atoms with Crippen LogP contribution in [0.3, 0.4) is 0 Å². The van der Waals surface area contributed by atoms with Crippen LogP contribution in [-0.2, 0) is 9.48 Å². The number of thioether (sulfide) groups is 1. The predicted molar refractivity (Wildman–Crippen MR) is 102 cm³/mol. The second-order valence-corrected chi connectivity index (χ2v) is 7.92. The van der Waals surface area contributed by atoms with E-state index in [0.717, 1.165) is 49.1 Å². The molecule has 1 aromatic heterocycles. The summed E-state index contributed by atoms with van der Waals surface area (Å²) in [6.07, 6.45) is 1.98. The first-order valence-corrected chi connectivity index (χ1v) is 9.57. The van der Waals surface area contributed by atoms with Gasteiger partial charge >= 0.3 is 0 Å². The van der Waals surface area contributed by atoms with Crippen LogP contribution < -0.4 is 5.32 Å². The van der Waals surface area contributed by atoms with Crippen molar-refractivity contribution in [3.8, 4) is 0 Å². The van der Waals surface area contributed by atoms with Crippen molar-refractivity contribution in [2.24, 2.45) is 0 Å². The van der Waals surface area contributed by atoms with Crippen LogP contribution in [0.5, 0.6) is 0 Å². The Morgan fingerprint density at radius 2 is 1.88 bits per heavy atom. The van der Waals surface area contributed by atoms with Crippen LogP contribution in [0.1, 0.15) is 31.0 Å². The van der Waals surface area contributed by atoms with Crippen LogP contribution in [-0.4, -0.2) is 24.7 Å². The van der Waals surface area contributed by atoms with Crippen LogP contribution in [0, 0.1) is 6.92 Å². The zero-order chi connectivity index (χ0) is 17.0. The van der Waals surface area contributed by atoms with Crippen LogP contribution in [0.15, 0.2) is 41.3 Å². The topological polar surface area (TPSA) is 34.1 Å². The molecule has 3 rings (SSSR count). The van der Waals surface area contributed by atoms with Crippen LogP contribution in [0.2, 0.25) is 5.02 Å². The average Bonchev–Trinajstić information content (AvgIpc) is 2.58. The van der Waals surface area contributed by atoms with E-state index >= 15 is 0 Å². The van der Waals surface area contributed by atoms with Crippen molar-refractivity contribution in [2.75, 3.05) is 25.1 Å². The van der Waals surface area contributed by atoms with Gasteiger partial charge in [-0.2, -0.15) is 0 Å². The highest BCUT2D eigenvalue weighted by Gasteiger charge is 2.37. The third kappa shape index (κ3) is 3.88. The number of hydrogen-bond acceptors (Lipinski definition) is 4. The minimum Gasteiger partial charge on any atom is -0.381 e. The predicted octanol–water partition coefficient (Wildman–Crippen LogP) is 5.27. The van der Waals surface area contributed by atoms with Gasteiger partial charge in [0.2, 0.25) is 0 Å². The Morgan fingerprint density at radius 3 is 2.50 bits per heavy atom. The number of ether oxygens (including phenoxy) is 1. The summed E-state index contributed by atoms with van der Waals surface area (Å²) in [5, 5.41) is 4.06. The van der Waals surface area contributed by atoms with E-state index in [0.29, 0.717) is 0 Å². The Kier molecular flexibility index (Phi) is 5.69. The Morgan fingerprint density at radius 1 is 1.17 bits per heavy atom. The molecule has 0 amide bonds. The molecule has 1 N–H and O–H groups in total. The zero-order valence-corrected chi connectivity index (χ0v) is 15.7. The first-order chi connectivity index (χ1) is 11.6. The maximum atomic E-state index is 6.03. The maximum Gasteiger partial charge on any atom is 0.126 e. The Hall–Kier alpha value is -1.23. The minimum absolute atomic E-state index is 0.00784. The molecule has 0 aliphatic carbocycles. The van der Waals surface area contributed by atoms with Crippen molar-refractivity contribution >= 4 is 29.2 Å². The molecular weight excluding hydrogens is 340 g/mol. The number of rotatable bonds is 5. The molecule has 0 atom stereocenters. The smallest absolute Gasteiger partial charge is 0.126 e. The van der Waals surface area contributed by atoms with Gasteiger partial charge in [-0.05, 0) is 62.6 Å². The first kappa shape index (κ1) is 17.6. The molecule has 1 saturated heterocycles. The van der Waals surface area contributed by atoms with Gasteiger partial charge in [-0.3, -0.25) is 0 Å². The van der Waals surface area contributed by atoms with E-state index in [1.165, 1.54) is 10.5 Å². The standard InChI is InChI=1S/C19H23ClN2OS/c1-3-21-18-9-8-17(14(2)22-18)19(10-12-23-13-11-19)24-16-6-4-15(20)5-7-16/h4-9H,3,10-13H2,1-2H3,(H,21,22). The number of nitrogens with one attached hydrogen (secondary N) is 1. The lowest BCUT2D eigenvalue weighted by molar-refractivity contribution is 0.0766. The second-order valence-electron chi connectivity index (χ2n) is 6.02. The molecule has 0 unspecified atom stereocenters. The molecule has 1 aliphatic heterocycles. The van der Waals surface area contributed by atoms with Crippen molar-refractivity contribution in [1.29, 1.82) is 0 Å². The molecule has 3 nitrogen and oxygen atoms in total. The van der Waals surface area contributed by atoms with E-state index in [1.54, 1.807) is 0 Å². The molecule has 0 spiro atoms. The number of aryl methyl sites for hydroxylation is 1. The van der Waals surface area contributed by atoms with Crippen molar-refractivity contribution in [2.45, 2.75) is 36.3 Å². The van der Waals surface area contributed by atoms with Gasteiger partial charge in [0, 0.05) is 35.4 Å². The summed E-state index contributed by atoms with van der Waals surface area (Å²) in [5.41, 5.74) is 2.41. The lowest BCUT2D eigenvalue weighted by Gasteiger charge is -2.38. The number of benzene rings is 1. The fraction of sp³-hybridized carbons (Fsp3) is 0.421. The highest BCUT2D eigenvalue weighted by atomic mass is 35.5. The Bertz CT molecular complexity index is 684. The first-order valence-electron chi connectivity index (χ1n) is 8.37. The molecule has 1 aliphatic rings. The summed E-state index contributed by atoms with van der Waals surface area (Å²) in [4.78, 5) is 5.99. The third-order valence-electron chi connectivity index (χ3n) is 4.36. The molecule has 24 heavy (non-hydrogen) atoms. The number of hydrogen-bond donors (Lipinski definition) is 1. The largest absolute Gasteiger partial charge is 0.381 e. The molecule has 2 aromatic rings.